The molecule has 0 saturated carbocycles. The molecule has 0 unspecified atom stereocenters. The minimum Gasteiger partial charge on any atom is -0.383 e. The van der Waals surface area contributed by atoms with Crippen molar-refractivity contribution >= 4 is 16.6 Å². The number of rotatable bonds is 6. The largest absolute Gasteiger partial charge is 0.383 e. The van der Waals surface area contributed by atoms with Gasteiger partial charge in [-0.1, -0.05) is 48.5 Å². The highest BCUT2D eigenvalue weighted by Crippen LogP contribution is 2.40. The Balaban J connectivity index is 1.62. The van der Waals surface area contributed by atoms with Gasteiger partial charge in [0.25, 0.3) is 0 Å². The fourth-order valence-corrected chi connectivity index (χ4v) is 4.27. The lowest BCUT2D eigenvalue weighted by Gasteiger charge is -2.27. The first-order valence-corrected chi connectivity index (χ1v) is 11.0. The van der Waals surface area contributed by atoms with Gasteiger partial charge in [-0.2, -0.15) is 0 Å². The van der Waals surface area contributed by atoms with E-state index in [0.717, 1.165) is 78.2 Å². The molecule has 31 heavy (non-hydrogen) atoms. The zero-order valence-corrected chi connectivity index (χ0v) is 17.6. The van der Waals surface area contributed by atoms with Gasteiger partial charge in [-0.05, 0) is 23.8 Å². The van der Waals surface area contributed by atoms with Gasteiger partial charge in [0.1, 0.15) is 0 Å². The second kappa shape index (κ2) is 9.25. The van der Waals surface area contributed by atoms with Gasteiger partial charge in [0.2, 0.25) is 0 Å². The molecule has 5 rings (SSSR count). The minimum atomic E-state index is 0.889. The number of fused-ring (bicyclic) bond motifs is 1. The van der Waals surface area contributed by atoms with Gasteiger partial charge in [0.05, 0.1) is 16.9 Å². The molecule has 5 nitrogen and oxygen atoms in total. The maximum absolute atomic E-state index is 5.10. The molecule has 0 spiro atoms. The number of benzene rings is 2. The minimum absolute atomic E-state index is 0.889. The summed E-state index contributed by atoms with van der Waals surface area (Å²) in [7, 11) is 0. The first-order chi connectivity index (χ1) is 15.4. The summed E-state index contributed by atoms with van der Waals surface area (Å²) in [6.45, 7) is 6.25. The van der Waals surface area contributed by atoms with Crippen LogP contribution in [0.2, 0.25) is 0 Å². The highest BCUT2D eigenvalue weighted by Gasteiger charge is 2.18. The first kappa shape index (κ1) is 19.7. The van der Waals surface area contributed by atoms with Gasteiger partial charge in [-0.25, -0.2) is 4.98 Å². The van der Waals surface area contributed by atoms with Crippen LogP contribution in [0.4, 0.5) is 5.69 Å². The lowest BCUT2D eigenvalue weighted by atomic mass is 9.95. The van der Waals surface area contributed by atoms with Crippen LogP contribution in [-0.2, 0) is 0 Å². The normalized spacial score (nSPS) is 14.6. The number of nitrogens with one attached hydrogen (secondary N) is 2. The monoisotopic (exact) mass is 409 g/mol. The summed E-state index contributed by atoms with van der Waals surface area (Å²) < 4.78 is 0. The van der Waals surface area contributed by atoms with E-state index >= 15 is 0 Å². The van der Waals surface area contributed by atoms with Crippen LogP contribution >= 0.6 is 0 Å². The second-order valence-electron chi connectivity index (χ2n) is 7.85. The third-order valence-electron chi connectivity index (χ3n) is 5.85. The van der Waals surface area contributed by atoms with Crippen LogP contribution in [0.5, 0.6) is 0 Å². The first-order valence-electron chi connectivity index (χ1n) is 11.0. The Morgan fingerprint density at radius 1 is 0.839 bits per heavy atom. The van der Waals surface area contributed by atoms with Crippen molar-refractivity contribution in [2.45, 2.75) is 0 Å². The molecule has 4 aromatic rings. The number of anilines is 1. The molecule has 0 amide bonds. The molecule has 5 heteroatoms. The van der Waals surface area contributed by atoms with Crippen LogP contribution in [0, 0.1) is 0 Å². The predicted octanol–water partition coefficient (Wildman–Crippen LogP) is 4.28. The third-order valence-corrected chi connectivity index (χ3v) is 5.85. The van der Waals surface area contributed by atoms with E-state index in [1.807, 2.05) is 18.5 Å². The molecule has 0 radical (unpaired) electrons. The highest BCUT2D eigenvalue weighted by molar-refractivity contribution is 6.04. The van der Waals surface area contributed by atoms with E-state index in [4.69, 9.17) is 4.98 Å². The maximum Gasteiger partial charge on any atom is 0.0808 e. The van der Waals surface area contributed by atoms with E-state index in [0.29, 0.717) is 0 Å². The SMILES string of the molecule is c1ccc(-c2nc3ccccc3c(NCCN3CCNCC3)c2-c2ccncc2)cc1. The van der Waals surface area contributed by atoms with E-state index in [1.54, 1.807) is 0 Å². The van der Waals surface area contributed by atoms with Crippen molar-refractivity contribution in [2.24, 2.45) is 0 Å². The van der Waals surface area contributed by atoms with Crippen LogP contribution in [0.1, 0.15) is 0 Å². The van der Waals surface area contributed by atoms with E-state index < -0.39 is 0 Å². The molecule has 2 aromatic carbocycles. The molecule has 1 fully saturated rings. The molecule has 1 aliphatic rings. The lowest BCUT2D eigenvalue weighted by Crippen LogP contribution is -2.45. The van der Waals surface area contributed by atoms with E-state index in [2.05, 4.69) is 81.2 Å². The van der Waals surface area contributed by atoms with Gasteiger partial charge in [0, 0.05) is 68.2 Å². The lowest BCUT2D eigenvalue weighted by molar-refractivity contribution is 0.249. The van der Waals surface area contributed by atoms with Crippen molar-refractivity contribution in [1.29, 1.82) is 0 Å². The summed E-state index contributed by atoms with van der Waals surface area (Å²) in [5, 5.41) is 8.36. The molecule has 1 aliphatic heterocycles. The Morgan fingerprint density at radius 2 is 1.58 bits per heavy atom. The molecular weight excluding hydrogens is 382 g/mol. The van der Waals surface area contributed by atoms with Crippen LogP contribution < -0.4 is 10.6 Å². The number of piperazine rings is 1. The van der Waals surface area contributed by atoms with Gasteiger partial charge < -0.3 is 10.6 Å². The summed E-state index contributed by atoms with van der Waals surface area (Å²) in [4.78, 5) is 11.8. The Kier molecular flexibility index (Phi) is 5.87. The van der Waals surface area contributed by atoms with Crippen molar-refractivity contribution in [3.8, 4) is 22.4 Å². The smallest absolute Gasteiger partial charge is 0.0808 e. The third kappa shape index (κ3) is 4.29. The molecule has 3 heterocycles. The van der Waals surface area contributed by atoms with Crippen molar-refractivity contribution in [3.63, 3.8) is 0 Å². The van der Waals surface area contributed by atoms with E-state index in [-0.39, 0.29) is 0 Å². The standard InChI is InChI=1S/C26H27N5/c1-2-6-21(7-3-1)25-24(20-10-12-27-13-11-20)26(22-8-4-5-9-23(22)30-25)29-16-19-31-17-14-28-15-18-31/h1-13,28H,14-19H2,(H,29,30). The summed E-state index contributed by atoms with van der Waals surface area (Å²) in [5.41, 5.74) is 6.51. The van der Waals surface area contributed by atoms with E-state index in [9.17, 15) is 0 Å². The Hall–Kier alpha value is -3.28. The summed E-state index contributed by atoms with van der Waals surface area (Å²) >= 11 is 0. The summed E-state index contributed by atoms with van der Waals surface area (Å²) in [6, 6.07) is 23.0. The van der Waals surface area contributed by atoms with Crippen molar-refractivity contribution < 1.29 is 0 Å². The average molecular weight is 410 g/mol. The Bertz CT molecular complexity index is 1140. The Labute approximate surface area is 183 Å². The van der Waals surface area contributed by atoms with Crippen molar-refractivity contribution in [1.82, 2.24) is 20.2 Å². The van der Waals surface area contributed by atoms with Crippen LogP contribution in [0.15, 0.2) is 79.1 Å². The van der Waals surface area contributed by atoms with Gasteiger partial charge in [0.15, 0.2) is 0 Å². The fraction of sp³-hybridized carbons (Fsp3) is 0.231. The average Bonchev–Trinajstić information content (AvgIpc) is 2.85. The van der Waals surface area contributed by atoms with Gasteiger partial charge >= 0.3 is 0 Å². The molecule has 156 valence electrons. The Morgan fingerprint density at radius 3 is 2.39 bits per heavy atom. The van der Waals surface area contributed by atoms with Gasteiger partial charge in [-0.3, -0.25) is 9.88 Å². The number of para-hydroxylation sites is 1. The topological polar surface area (TPSA) is 53.1 Å². The number of nitrogens with zero attached hydrogens (tertiary/aromatic N) is 3. The molecule has 0 aliphatic carbocycles. The molecular formula is C26H27N5. The predicted molar refractivity (Wildman–Crippen MR) is 128 cm³/mol. The highest BCUT2D eigenvalue weighted by atomic mass is 15.2. The van der Waals surface area contributed by atoms with E-state index in [1.165, 1.54) is 0 Å². The molecule has 2 aromatic heterocycles. The number of aromatic nitrogens is 2. The van der Waals surface area contributed by atoms with Crippen LogP contribution in [-0.4, -0.2) is 54.1 Å². The number of hydrogen-bond acceptors (Lipinski definition) is 5. The fourth-order valence-electron chi connectivity index (χ4n) is 4.27. The van der Waals surface area contributed by atoms with Gasteiger partial charge in [-0.15, -0.1) is 0 Å². The summed E-state index contributed by atoms with van der Waals surface area (Å²) in [5.74, 6) is 0. The molecule has 1 saturated heterocycles. The van der Waals surface area contributed by atoms with Crippen LogP contribution in [0.3, 0.4) is 0 Å². The van der Waals surface area contributed by atoms with Crippen LogP contribution in [0.25, 0.3) is 33.3 Å². The molecule has 0 bridgehead atoms. The quantitative estimate of drug-likeness (QED) is 0.498. The molecule has 2 N–H and O–H groups in total. The maximum atomic E-state index is 5.10. The second-order valence-corrected chi connectivity index (χ2v) is 7.85. The van der Waals surface area contributed by atoms with Crippen molar-refractivity contribution in [3.05, 3.63) is 79.1 Å². The molecule has 0 atom stereocenters. The summed E-state index contributed by atoms with van der Waals surface area (Å²) in [6.07, 6.45) is 3.70. The zero-order chi connectivity index (χ0) is 20.9. The number of hydrogen-bond donors (Lipinski definition) is 2. The number of pyridine rings is 2. The van der Waals surface area contributed by atoms with Crippen molar-refractivity contribution in [2.75, 3.05) is 44.6 Å². The zero-order valence-electron chi connectivity index (χ0n) is 17.6.